The van der Waals surface area contributed by atoms with Crippen molar-refractivity contribution in [1.29, 1.82) is 0 Å². The normalized spacial score (nSPS) is 16.8. The third kappa shape index (κ3) is 4.57. The molecule has 4 nitrogen and oxygen atoms in total. The van der Waals surface area contributed by atoms with E-state index >= 15 is 0 Å². The topological polar surface area (TPSA) is 63.6 Å². The van der Waals surface area contributed by atoms with E-state index < -0.39 is 75.5 Å². The molecule has 0 rings (SSSR count). The van der Waals surface area contributed by atoms with Gasteiger partial charge in [0, 0.05) is 0 Å². The van der Waals surface area contributed by atoms with Crippen LogP contribution >= 0.6 is 0 Å². The summed E-state index contributed by atoms with van der Waals surface area (Å²) in [6, 6.07) is 0. The summed E-state index contributed by atoms with van der Waals surface area (Å²) < 4.78 is 315. The smallest absolute Gasteiger partial charge is 0.281 e. The van der Waals surface area contributed by atoms with E-state index in [4.69, 9.17) is 4.55 Å². The highest BCUT2D eigenvalue weighted by atomic mass is 32.2. The molecule has 0 unspecified atom stereocenters. The second-order valence-corrected chi connectivity index (χ2v) is 7.96. The number of alkyl halides is 22. The molecule has 0 aromatic heterocycles. The summed E-state index contributed by atoms with van der Waals surface area (Å²) in [6.07, 6.45) is -22.7. The average Bonchev–Trinajstić information content (AvgIpc) is 2.64. The Balaban J connectivity index is 7.00. The van der Waals surface area contributed by atoms with Crippen molar-refractivity contribution in [3.05, 3.63) is 0 Å². The van der Waals surface area contributed by atoms with E-state index in [0.29, 0.717) is 0 Å². The van der Waals surface area contributed by atoms with Crippen LogP contribution in [0.3, 0.4) is 0 Å². The molecule has 0 saturated heterocycles. The Morgan fingerprint density at radius 3 is 1.00 bits per heavy atom. The fourth-order valence-electron chi connectivity index (χ4n) is 1.75. The van der Waals surface area contributed by atoms with Gasteiger partial charge in [-0.25, -0.2) is 13.5 Å². The second kappa shape index (κ2) is 8.92. The highest BCUT2D eigenvalue weighted by Gasteiger charge is 2.96. The van der Waals surface area contributed by atoms with Gasteiger partial charge in [0.25, 0.3) is 0 Å². The molecule has 0 atom stereocenters. The Labute approximate surface area is 191 Å². The number of hydrogen-bond acceptors (Lipinski definition) is 3. The molecule has 0 aromatic carbocycles. The molecule has 27 heteroatoms. The molecule has 0 radical (unpaired) electrons. The van der Waals surface area contributed by atoms with Crippen LogP contribution < -0.4 is 0 Å². The van der Waals surface area contributed by atoms with Crippen molar-refractivity contribution in [2.45, 2.75) is 65.4 Å². The lowest BCUT2D eigenvalue weighted by Gasteiger charge is -2.43. The number of rotatable bonds is 12. The Morgan fingerprint density at radius 1 is 0.474 bits per heavy atom. The zero-order valence-corrected chi connectivity index (χ0v) is 16.8. The molecule has 1 N–H and O–H groups in total. The van der Waals surface area contributed by atoms with E-state index in [-0.39, 0.29) is 0 Å². The molecular formula is C11H2F22O4S. The summed E-state index contributed by atoms with van der Waals surface area (Å²) in [5.74, 6) is -62.4. The minimum Gasteiger partial charge on any atom is -0.281 e. The van der Waals surface area contributed by atoms with Gasteiger partial charge in [0.15, 0.2) is 0 Å². The van der Waals surface area contributed by atoms with Gasteiger partial charge in [-0.3, -0.25) is 4.55 Å². The predicted molar refractivity (Wildman–Crippen MR) is 68.1 cm³/mol. The van der Waals surface area contributed by atoms with Gasteiger partial charge in [0.05, 0.1) is 0 Å². The third-order valence-corrected chi connectivity index (χ3v) is 4.83. The van der Waals surface area contributed by atoms with Crippen LogP contribution in [0.5, 0.6) is 0 Å². The number of ether oxygens (including phenoxy) is 1. The van der Waals surface area contributed by atoms with E-state index in [1.807, 2.05) is 0 Å². The van der Waals surface area contributed by atoms with Crippen molar-refractivity contribution in [2.75, 3.05) is 0 Å². The van der Waals surface area contributed by atoms with Gasteiger partial charge in [-0.15, -0.1) is 0 Å². The SMILES string of the molecule is O=S(=O)(O)C(F)(F)C(F)(F)OC(F)(F)C(F)(F)C(F)(F)C(F)(F)C(F)(F)C(F)(F)C(F)(F)C(F)(F)C(F)F. The first-order valence-corrected chi connectivity index (χ1v) is 9.07. The maximum absolute atomic E-state index is 13.4. The second-order valence-electron chi connectivity index (χ2n) is 6.50. The molecule has 0 saturated carbocycles. The lowest BCUT2D eigenvalue weighted by atomic mass is 9.89. The average molecular weight is 648 g/mol. The van der Waals surface area contributed by atoms with Crippen molar-refractivity contribution in [1.82, 2.24) is 0 Å². The zero-order valence-electron chi connectivity index (χ0n) is 16.0. The summed E-state index contributed by atoms with van der Waals surface area (Å²) in [6.45, 7) is 0. The molecule has 0 aromatic rings. The van der Waals surface area contributed by atoms with Gasteiger partial charge >= 0.3 is 75.5 Å². The molecule has 0 heterocycles. The van der Waals surface area contributed by atoms with E-state index in [2.05, 4.69) is 0 Å². The van der Waals surface area contributed by atoms with Crippen LogP contribution in [-0.2, 0) is 14.9 Å². The zero-order chi connectivity index (χ0) is 31.8. The molecule has 0 spiro atoms. The Kier molecular flexibility index (Phi) is 8.53. The van der Waals surface area contributed by atoms with Crippen LogP contribution in [0.25, 0.3) is 0 Å². The molecule has 230 valence electrons. The summed E-state index contributed by atoms with van der Waals surface area (Å²) in [4.78, 5) is 0. The highest BCUT2D eigenvalue weighted by Crippen LogP contribution is 2.64. The van der Waals surface area contributed by atoms with Crippen LogP contribution in [0.2, 0.25) is 0 Å². The van der Waals surface area contributed by atoms with Crippen LogP contribution in [-0.4, -0.2) is 78.3 Å². The Hall–Kier alpha value is -1.67. The Morgan fingerprint density at radius 2 is 0.737 bits per heavy atom. The maximum atomic E-state index is 13.4. The van der Waals surface area contributed by atoms with E-state index in [1.54, 1.807) is 0 Å². The molecule has 0 aliphatic carbocycles. The minimum atomic E-state index is -9.32. The van der Waals surface area contributed by atoms with Crippen molar-refractivity contribution in [3.8, 4) is 0 Å². The van der Waals surface area contributed by atoms with E-state index in [9.17, 15) is 105 Å². The van der Waals surface area contributed by atoms with Gasteiger partial charge in [-0.2, -0.15) is 96.2 Å². The van der Waals surface area contributed by atoms with Gasteiger partial charge in [0.1, 0.15) is 0 Å². The summed E-state index contributed by atoms with van der Waals surface area (Å²) >= 11 is 0. The first kappa shape index (κ1) is 36.3. The molecule has 0 aliphatic rings. The van der Waals surface area contributed by atoms with Gasteiger partial charge in [-0.05, 0) is 0 Å². The molecule has 0 bridgehead atoms. The highest BCUT2D eigenvalue weighted by molar-refractivity contribution is 7.86. The van der Waals surface area contributed by atoms with Gasteiger partial charge < -0.3 is 0 Å². The standard InChI is InChI=1S/C11H2F22O4S/c12-1(13)2(14,15)3(16,17)4(18,19)5(20,21)6(22,23)7(24,25)8(26,27)9(28,29)37-10(30,31)11(32,33)38(34,35)36/h1H,(H,34,35,36). The van der Waals surface area contributed by atoms with Crippen LogP contribution in [0.15, 0.2) is 0 Å². The van der Waals surface area contributed by atoms with Gasteiger partial charge in [-0.1, -0.05) is 0 Å². The quantitative estimate of drug-likeness (QED) is 0.197. The van der Waals surface area contributed by atoms with Crippen molar-refractivity contribution in [2.24, 2.45) is 0 Å². The van der Waals surface area contributed by atoms with Crippen LogP contribution in [0, 0.1) is 0 Å². The van der Waals surface area contributed by atoms with E-state index in [1.165, 1.54) is 0 Å². The summed E-state index contributed by atoms with van der Waals surface area (Å²) in [7, 11) is -7.78. The third-order valence-electron chi connectivity index (χ3n) is 3.95. The van der Waals surface area contributed by atoms with Crippen LogP contribution in [0.4, 0.5) is 96.6 Å². The maximum Gasteiger partial charge on any atom is 0.460 e. The molecule has 0 fully saturated rings. The van der Waals surface area contributed by atoms with E-state index in [0.717, 1.165) is 4.74 Å². The molecular weight excluding hydrogens is 646 g/mol. The molecule has 0 amide bonds. The van der Waals surface area contributed by atoms with Crippen molar-refractivity contribution in [3.63, 3.8) is 0 Å². The van der Waals surface area contributed by atoms with Crippen molar-refractivity contribution >= 4 is 10.1 Å². The number of halogens is 22. The molecule has 0 aliphatic heterocycles. The fourth-order valence-corrected chi connectivity index (χ4v) is 2.09. The lowest BCUT2D eigenvalue weighted by molar-refractivity contribution is -0.505. The first-order chi connectivity index (χ1) is 15.9. The minimum absolute atomic E-state index is 0.995. The first-order valence-electron chi connectivity index (χ1n) is 7.63. The lowest BCUT2D eigenvalue weighted by Crippen LogP contribution is -2.75. The Bertz CT molecular complexity index is 983. The van der Waals surface area contributed by atoms with Crippen molar-refractivity contribution < 1.29 is 114 Å². The summed E-state index contributed by atoms with van der Waals surface area (Å²) in [5.41, 5.74) is 0. The fraction of sp³-hybridized carbons (Fsp3) is 1.00. The monoisotopic (exact) mass is 648 g/mol. The largest absolute Gasteiger partial charge is 0.460 e. The van der Waals surface area contributed by atoms with Gasteiger partial charge in [0.2, 0.25) is 0 Å². The number of hydrogen-bond donors (Lipinski definition) is 1. The molecule has 38 heavy (non-hydrogen) atoms. The summed E-state index contributed by atoms with van der Waals surface area (Å²) in [5, 5.41) is -7.59. The van der Waals surface area contributed by atoms with Crippen LogP contribution in [0.1, 0.15) is 0 Å². The predicted octanol–water partition coefficient (Wildman–Crippen LogP) is 6.38.